The molecular weight excluding hydrogens is 308 g/mol. The highest BCUT2D eigenvalue weighted by Gasteiger charge is 2.16. The molecule has 0 aliphatic carbocycles. The van der Waals surface area contributed by atoms with Gasteiger partial charge in [-0.3, -0.25) is 10.1 Å². The van der Waals surface area contributed by atoms with E-state index in [0.29, 0.717) is 22.1 Å². The zero-order valence-corrected chi connectivity index (χ0v) is 14.0. The maximum atomic E-state index is 12.0. The quantitative estimate of drug-likeness (QED) is 0.646. The van der Waals surface area contributed by atoms with Gasteiger partial charge in [-0.05, 0) is 5.92 Å². The van der Waals surface area contributed by atoms with Crippen LogP contribution in [0.1, 0.15) is 43.9 Å². The van der Waals surface area contributed by atoms with Crippen molar-refractivity contribution in [3.8, 4) is 0 Å². The summed E-state index contributed by atoms with van der Waals surface area (Å²) < 4.78 is 5.98. The Kier molecular flexibility index (Phi) is 5.35. The second-order valence-corrected chi connectivity index (χ2v) is 8.07. The summed E-state index contributed by atoms with van der Waals surface area (Å²) >= 11 is 2.96. The molecule has 1 N–H and O–H groups in total. The topological polar surface area (TPSA) is 80.9 Å². The molecule has 0 saturated heterocycles. The molecule has 2 rings (SSSR count). The average Bonchev–Trinajstić information content (AvgIpc) is 2.97. The molecule has 0 fully saturated rings. The molecule has 0 aliphatic heterocycles. The Morgan fingerprint density at radius 1 is 1.38 bits per heavy atom. The Hall–Kier alpha value is -1.41. The Bertz CT molecular complexity index is 607. The lowest BCUT2D eigenvalue weighted by Crippen LogP contribution is -2.11. The molecule has 0 saturated carbocycles. The van der Waals surface area contributed by atoms with Gasteiger partial charge in [0.25, 0.3) is 5.91 Å². The first-order valence-corrected chi connectivity index (χ1v) is 8.40. The number of nitrogens with one attached hydrogen (secondary N) is 1. The minimum atomic E-state index is -0.328. The summed E-state index contributed by atoms with van der Waals surface area (Å²) in [5.41, 5.74) is 0.263. The Balaban J connectivity index is 1.97. The van der Waals surface area contributed by atoms with E-state index >= 15 is 0 Å². The normalized spacial score (nSPS) is 11.3. The van der Waals surface area contributed by atoms with Gasteiger partial charge >= 0.3 is 0 Å². The molecule has 0 bridgehead atoms. The number of carbonyl (C=O) groups excluding carboxylic acids is 1. The Morgan fingerprint density at radius 3 is 2.81 bits per heavy atom. The molecule has 0 unspecified atom stereocenters. The van der Waals surface area contributed by atoms with Crippen molar-refractivity contribution in [3.63, 3.8) is 0 Å². The number of nitrogens with zero attached hydrogens (tertiary/aromatic N) is 3. The summed E-state index contributed by atoms with van der Waals surface area (Å²) in [6.45, 7) is 8.32. The van der Waals surface area contributed by atoms with Crippen LogP contribution in [0.2, 0.25) is 0 Å². The van der Waals surface area contributed by atoms with Crippen LogP contribution in [0.15, 0.2) is 14.9 Å². The van der Waals surface area contributed by atoms with Gasteiger partial charge in [0.1, 0.15) is 5.76 Å². The molecule has 0 atom stereocenters. The molecular formula is C13H18N4O2S2. The fourth-order valence-corrected chi connectivity index (χ4v) is 3.56. The van der Waals surface area contributed by atoms with E-state index in [0.717, 1.165) is 10.8 Å². The molecule has 0 aromatic carbocycles. The van der Waals surface area contributed by atoms with Crippen LogP contribution in [0, 0.1) is 5.92 Å². The molecule has 2 aromatic heterocycles. The number of carbonyl (C=O) groups is 1. The maximum Gasteiger partial charge on any atom is 0.279 e. The van der Waals surface area contributed by atoms with Gasteiger partial charge in [-0.1, -0.05) is 56.0 Å². The molecule has 0 aliphatic rings. The van der Waals surface area contributed by atoms with Crippen LogP contribution >= 0.6 is 23.1 Å². The van der Waals surface area contributed by atoms with Gasteiger partial charge in [0.2, 0.25) is 5.13 Å². The third-order valence-electron chi connectivity index (χ3n) is 2.36. The van der Waals surface area contributed by atoms with E-state index in [9.17, 15) is 4.79 Å². The zero-order chi connectivity index (χ0) is 15.4. The molecule has 6 nitrogen and oxygen atoms in total. The van der Waals surface area contributed by atoms with Crippen molar-refractivity contribution in [2.45, 2.75) is 43.7 Å². The van der Waals surface area contributed by atoms with Crippen LogP contribution in [-0.4, -0.2) is 26.5 Å². The third-order valence-corrected chi connectivity index (χ3v) is 4.29. The van der Waals surface area contributed by atoms with Crippen LogP contribution in [0.25, 0.3) is 0 Å². The van der Waals surface area contributed by atoms with Crippen LogP contribution in [0.5, 0.6) is 0 Å². The zero-order valence-electron chi connectivity index (χ0n) is 12.4. The minimum Gasteiger partial charge on any atom is -0.361 e. The van der Waals surface area contributed by atoms with E-state index in [1.807, 2.05) is 0 Å². The summed E-state index contributed by atoms with van der Waals surface area (Å²) in [7, 11) is 0. The van der Waals surface area contributed by atoms with Crippen molar-refractivity contribution in [1.29, 1.82) is 0 Å². The van der Waals surface area contributed by atoms with Crippen LogP contribution in [-0.2, 0) is 6.42 Å². The fraction of sp³-hybridized carbons (Fsp3) is 0.538. The van der Waals surface area contributed by atoms with E-state index in [-0.39, 0.29) is 11.6 Å². The van der Waals surface area contributed by atoms with Crippen LogP contribution in [0.3, 0.4) is 0 Å². The first kappa shape index (κ1) is 16.0. The molecule has 114 valence electrons. The fourth-order valence-electron chi connectivity index (χ4n) is 1.59. The molecule has 2 heterocycles. The number of rotatable bonds is 6. The Labute approximate surface area is 131 Å². The number of hydrogen-bond donors (Lipinski definition) is 1. The molecule has 1 amide bonds. The minimum absolute atomic E-state index is 0.263. The number of thioether (sulfide) groups is 1. The van der Waals surface area contributed by atoms with E-state index in [4.69, 9.17) is 4.52 Å². The molecule has 0 radical (unpaired) electrons. The van der Waals surface area contributed by atoms with Gasteiger partial charge in [-0.25, -0.2) is 0 Å². The average molecular weight is 326 g/mol. The second kappa shape index (κ2) is 7.04. The largest absolute Gasteiger partial charge is 0.361 e. The van der Waals surface area contributed by atoms with Gasteiger partial charge in [0.15, 0.2) is 10.0 Å². The van der Waals surface area contributed by atoms with E-state index in [2.05, 4.69) is 48.4 Å². The second-order valence-electron chi connectivity index (χ2n) is 5.27. The number of hydrogen-bond acceptors (Lipinski definition) is 7. The van der Waals surface area contributed by atoms with Crippen molar-refractivity contribution in [2.75, 3.05) is 5.32 Å². The molecule has 21 heavy (non-hydrogen) atoms. The van der Waals surface area contributed by atoms with Crippen molar-refractivity contribution < 1.29 is 9.32 Å². The maximum absolute atomic E-state index is 12.0. The molecule has 0 spiro atoms. The van der Waals surface area contributed by atoms with E-state index in [1.165, 1.54) is 11.3 Å². The van der Waals surface area contributed by atoms with Gasteiger partial charge in [-0.2, -0.15) is 0 Å². The predicted molar refractivity (Wildman–Crippen MR) is 83.9 cm³/mol. The van der Waals surface area contributed by atoms with Crippen molar-refractivity contribution in [3.05, 3.63) is 17.5 Å². The van der Waals surface area contributed by atoms with Crippen molar-refractivity contribution in [1.82, 2.24) is 15.4 Å². The summed E-state index contributed by atoms with van der Waals surface area (Å²) in [5.74, 6) is 0.835. The number of anilines is 1. The van der Waals surface area contributed by atoms with Crippen LogP contribution in [0.4, 0.5) is 5.13 Å². The van der Waals surface area contributed by atoms with Crippen molar-refractivity contribution >= 4 is 34.1 Å². The number of aromatic nitrogens is 3. The molecule has 2 aromatic rings. The first-order valence-electron chi connectivity index (χ1n) is 6.71. The van der Waals surface area contributed by atoms with Crippen LogP contribution < -0.4 is 5.32 Å². The smallest absolute Gasteiger partial charge is 0.279 e. The Morgan fingerprint density at radius 2 is 2.14 bits per heavy atom. The summed E-state index contributed by atoms with van der Waals surface area (Å²) in [4.78, 5) is 12.0. The van der Waals surface area contributed by atoms with Gasteiger partial charge in [0.05, 0.1) is 0 Å². The SMILES string of the molecule is CC(C)Cc1cc(C(=O)Nc2nnc(SC(C)C)s2)no1. The van der Waals surface area contributed by atoms with Gasteiger partial charge in [0, 0.05) is 17.7 Å². The predicted octanol–water partition coefficient (Wildman–Crippen LogP) is 3.48. The highest BCUT2D eigenvalue weighted by Crippen LogP contribution is 2.28. The highest BCUT2D eigenvalue weighted by molar-refractivity contribution is 8.01. The number of amides is 1. The van der Waals surface area contributed by atoms with Crippen molar-refractivity contribution in [2.24, 2.45) is 5.92 Å². The summed E-state index contributed by atoms with van der Waals surface area (Å²) in [6, 6.07) is 1.67. The summed E-state index contributed by atoms with van der Waals surface area (Å²) in [5, 5.41) is 15.3. The third kappa shape index (κ3) is 4.82. The lowest BCUT2D eigenvalue weighted by atomic mass is 10.1. The highest BCUT2D eigenvalue weighted by atomic mass is 32.2. The van der Waals surface area contributed by atoms with Gasteiger partial charge < -0.3 is 4.52 Å². The molecule has 8 heteroatoms. The monoisotopic (exact) mass is 326 g/mol. The lowest BCUT2D eigenvalue weighted by Gasteiger charge is -1.97. The summed E-state index contributed by atoms with van der Waals surface area (Å²) in [6.07, 6.45) is 0.758. The van der Waals surface area contributed by atoms with E-state index in [1.54, 1.807) is 17.8 Å². The lowest BCUT2D eigenvalue weighted by molar-refractivity contribution is 0.101. The first-order chi connectivity index (χ1) is 9.94. The van der Waals surface area contributed by atoms with E-state index < -0.39 is 0 Å². The van der Waals surface area contributed by atoms with Gasteiger partial charge in [-0.15, -0.1) is 10.2 Å². The standard InChI is InChI=1S/C13H18N4O2S2/c1-7(2)5-9-6-10(17-19-9)11(18)14-12-15-16-13(21-12)20-8(3)4/h6-8H,5H2,1-4H3,(H,14,15,18).